The number of unbranched alkanes of at least 4 members (excludes halogenated alkanes) is 4. The Kier molecular flexibility index (Phi) is 9.26. The second-order valence-electron chi connectivity index (χ2n) is 6.93. The van der Waals surface area contributed by atoms with Gasteiger partial charge in [0.1, 0.15) is 5.75 Å². The first-order chi connectivity index (χ1) is 12.8. The number of anilines is 1. The van der Waals surface area contributed by atoms with E-state index in [0.29, 0.717) is 0 Å². The lowest BCUT2D eigenvalue weighted by Crippen LogP contribution is -2.31. The van der Waals surface area contributed by atoms with Crippen molar-refractivity contribution >= 4 is 16.6 Å². The Morgan fingerprint density at radius 1 is 1.00 bits per heavy atom. The molecule has 0 saturated carbocycles. The van der Waals surface area contributed by atoms with Crippen molar-refractivity contribution in [1.82, 2.24) is 9.88 Å². The van der Waals surface area contributed by atoms with Gasteiger partial charge >= 0.3 is 0 Å². The number of methoxy groups -OCH3 is 1. The van der Waals surface area contributed by atoms with Gasteiger partial charge in [-0.25, -0.2) is 0 Å². The van der Waals surface area contributed by atoms with Gasteiger partial charge in [0.25, 0.3) is 0 Å². The summed E-state index contributed by atoms with van der Waals surface area (Å²) in [4.78, 5) is 7.15. The van der Waals surface area contributed by atoms with Gasteiger partial charge in [-0.2, -0.15) is 0 Å². The topological polar surface area (TPSA) is 37.4 Å². The number of aromatic nitrogens is 1. The molecule has 0 saturated heterocycles. The van der Waals surface area contributed by atoms with E-state index in [4.69, 9.17) is 4.74 Å². The molecule has 0 radical (unpaired) electrons. The molecule has 0 atom stereocenters. The summed E-state index contributed by atoms with van der Waals surface area (Å²) in [7, 11) is 1.71. The molecule has 1 aromatic heterocycles. The van der Waals surface area contributed by atoms with E-state index in [-0.39, 0.29) is 0 Å². The number of pyridine rings is 1. The Balaban J connectivity index is 1.95. The fourth-order valence-corrected chi connectivity index (χ4v) is 3.27. The molecule has 0 amide bonds. The van der Waals surface area contributed by atoms with Crippen LogP contribution in [0.2, 0.25) is 0 Å². The molecule has 0 aliphatic heterocycles. The molecule has 2 rings (SSSR count). The van der Waals surface area contributed by atoms with Crippen LogP contribution in [0, 0.1) is 0 Å². The first-order valence-electron chi connectivity index (χ1n) is 10.2. The molecule has 144 valence electrons. The third-order valence-electron chi connectivity index (χ3n) is 4.81. The van der Waals surface area contributed by atoms with Crippen molar-refractivity contribution in [1.29, 1.82) is 0 Å². The number of hydrogen-bond donors (Lipinski definition) is 1. The van der Waals surface area contributed by atoms with E-state index < -0.39 is 0 Å². The summed E-state index contributed by atoms with van der Waals surface area (Å²) in [6, 6.07) is 8.13. The summed E-state index contributed by atoms with van der Waals surface area (Å²) in [6.07, 6.45) is 9.65. The van der Waals surface area contributed by atoms with Gasteiger partial charge in [-0.1, -0.05) is 45.6 Å². The first-order valence-corrected chi connectivity index (χ1v) is 10.2. The quantitative estimate of drug-likeness (QED) is 0.491. The minimum absolute atomic E-state index is 0.871. The van der Waals surface area contributed by atoms with Crippen LogP contribution in [0.25, 0.3) is 10.9 Å². The van der Waals surface area contributed by atoms with Crippen LogP contribution >= 0.6 is 0 Å². The predicted molar refractivity (Wildman–Crippen MR) is 112 cm³/mol. The minimum atomic E-state index is 0.871. The molecule has 26 heavy (non-hydrogen) atoms. The van der Waals surface area contributed by atoms with Crippen LogP contribution in [0.1, 0.15) is 52.4 Å². The molecule has 1 N–H and O–H groups in total. The minimum Gasteiger partial charge on any atom is -0.497 e. The lowest BCUT2D eigenvalue weighted by Gasteiger charge is -2.23. The second-order valence-corrected chi connectivity index (χ2v) is 6.93. The fraction of sp³-hybridized carbons (Fsp3) is 0.591. The summed E-state index contributed by atoms with van der Waals surface area (Å²) in [5.74, 6) is 0.871. The van der Waals surface area contributed by atoms with Crippen molar-refractivity contribution in [2.24, 2.45) is 0 Å². The Bertz CT molecular complexity index is 634. The Morgan fingerprint density at radius 2 is 1.73 bits per heavy atom. The van der Waals surface area contributed by atoms with Crippen LogP contribution in [0.3, 0.4) is 0 Å². The van der Waals surface area contributed by atoms with Crippen molar-refractivity contribution in [3.63, 3.8) is 0 Å². The highest BCUT2D eigenvalue weighted by molar-refractivity contribution is 5.91. The number of hydrogen-bond acceptors (Lipinski definition) is 4. The number of ether oxygens (including phenoxy) is 1. The van der Waals surface area contributed by atoms with Gasteiger partial charge in [-0.15, -0.1) is 0 Å². The molecule has 2 aromatic rings. The highest BCUT2D eigenvalue weighted by Crippen LogP contribution is 2.27. The third-order valence-corrected chi connectivity index (χ3v) is 4.81. The molecule has 0 unspecified atom stereocenters. The predicted octanol–water partition coefficient (Wildman–Crippen LogP) is 5.34. The Hall–Kier alpha value is -1.81. The molecule has 4 heteroatoms. The zero-order valence-electron chi connectivity index (χ0n) is 16.8. The number of nitrogens with one attached hydrogen (secondary N) is 1. The summed E-state index contributed by atoms with van der Waals surface area (Å²) >= 11 is 0. The summed E-state index contributed by atoms with van der Waals surface area (Å²) in [5, 5.41) is 4.70. The van der Waals surface area contributed by atoms with Crippen molar-refractivity contribution < 1.29 is 4.74 Å². The van der Waals surface area contributed by atoms with E-state index >= 15 is 0 Å². The van der Waals surface area contributed by atoms with Gasteiger partial charge in [0.15, 0.2) is 0 Å². The van der Waals surface area contributed by atoms with Crippen molar-refractivity contribution in [3.8, 4) is 5.75 Å². The average Bonchev–Trinajstić information content (AvgIpc) is 2.67. The lowest BCUT2D eigenvalue weighted by molar-refractivity contribution is 0.271. The van der Waals surface area contributed by atoms with Crippen LogP contribution in [0.5, 0.6) is 5.75 Å². The van der Waals surface area contributed by atoms with E-state index in [1.54, 1.807) is 7.11 Å². The Labute approximate surface area is 159 Å². The van der Waals surface area contributed by atoms with E-state index in [0.717, 1.165) is 35.4 Å². The number of nitrogens with zero attached hydrogens (tertiary/aromatic N) is 2. The van der Waals surface area contributed by atoms with Crippen LogP contribution < -0.4 is 10.1 Å². The SMILES string of the molecule is CCCCCN(CCCCC)CCNc1cc(OC)cc2cccnc12. The van der Waals surface area contributed by atoms with E-state index in [2.05, 4.69) is 35.1 Å². The van der Waals surface area contributed by atoms with Gasteiger partial charge in [-0.05, 0) is 38.1 Å². The molecule has 1 aromatic carbocycles. The average molecular weight is 358 g/mol. The zero-order valence-corrected chi connectivity index (χ0v) is 16.8. The smallest absolute Gasteiger partial charge is 0.121 e. The number of benzene rings is 1. The molecule has 0 aliphatic rings. The largest absolute Gasteiger partial charge is 0.497 e. The van der Waals surface area contributed by atoms with Crippen LogP contribution in [-0.2, 0) is 0 Å². The molecule has 4 nitrogen and oxygen atoms in total. The molecule has 0 aliphatic carbocycles. The molecule has 0 spiro atoms. The first kappa shape index (κ1) is 20.5. The fourth-order valence-electron chi connectivity index (χ4n) is 3.27. The molecule has 1 heterocycles. The van der Waals surface area contributed by atoms with Gasteiger partial charge < -0.3 is 15.0 Å². The summed E-state index contributed by atoms with van der Waals surface area (Å²) < 4.78 is 5.44. The number of rotatable bonds is 13. The number of fused-ring (bicyclic) bond motifs is 1. The maximum atomic E-state index is 5.44. The van der Waals surface area contributed by atoms with Crippen molar-refractivity contribution in [3.05, 3.63) is 30.5 Å². The van der Waals surface area contributed by atoms with E-state index in [9.17, 15) is 0 Å². The van der Waals surface area contributed by atoms with Gasteiger partial charge in [0, 0.05) is 30.7 Å². The van der Waals surface area contributed by atoms with Gasteiger partial charge in [-0.3, -0.25) is 4.98 Å². The van der Waals surface area contributed by atoms with Crippen LogP contribution in [0.15, 0.2) is 30.5 Å². The van der Waals surface area contributed by atoms with Crippen molar-refractivity contribution in [2.45, 2.75) is 52.4 Å². The molecule has 0 bridgehead atoms. The van der Waals surface area contributed by atoms with Gasteiger partial charge in [0.2, 0.25) is 0 Å². The zero-order chi connectivity index (χ0) is 18.6. The summed E-state index contributed by atoms with van der Waals surface area (Å²) in [6.45, 7) is 8.94. The molecular formula is C22H35N3O. The highest BCUT2D eigenvalue weighted by atomic mass is 16.5. The monoisotopic (exact) mass is 357 g/mol. The third kappa shape index (κ3) is 6.49. The molecule has 0 fully saturated rings. The van der Waals surface area contributed by atoms with E-state index in [1.165, 1.54) is 51.6 Å². The highest BCUT2D eigenvalue weighted by Gasteiger charge is 2.08. The standard InChI is InChI=1S/C22H35N3O/c1-4-6-8-14-25(15-9-7-5-2)16-13-23-21-18-20(26-3)17-19-11-10-12-24-22(19)21/h10-12,17-18,23H,4-9,13-16H2,1-3H3. The lowest BCUT2D eigenvalue weighted by atomic mass is 10.1. The summed E-state index contributed by atoms with van der Waals surface area (Å²) in [5.41, 5.74) is 2.07. The normalized spacial score (nSPS) is 11.2. The van der Waals surface area contributed by atoms with Gasteiger partial charge in [0.05, 0.1) is 18.3 Å². The molecular weight excluding hydrogens is 322 g/mol. The maximum Gasteiger partial charge on any atom is 0.121 e. The van der Waals surface area contributed by atoms with E-state index in [1.807, 2.05) is 24.4 Å². The second kappa shape index (κ2) is 11.7. The van der Waals surface area contributed by atoms with Crippen LogP contribution in [-0.4, -0.2) is 43.2 Å². The van der Waals surface area contributed by atoms with Crippen LogP contribution in [0.4, 0.5) is 5.69 Å². The Morgan fingerprint density at radius 3 is 2.38 bits per heavy atom. The van der Waals surface area contributed by atoms with Crippen molar-refractivity contribution in [2.75, 3.05) is 38.6 Å². The maximum absolute atomic E-state index is 5.44.